The number of rotatable bonds is 5. The molecule has 0 saturated carbocycles. The number of nitrogens with zero attached hydrogens (tertiary/aromatic N) is 2. The number of aromatic nitrogens is 1. The van der Waals surface area contributed by atoms with Gasteiger partial charge in [0.15, 0.2) is 0 Å². The number of likely N-dealkylation sites (tertiary alicyclic amines) is 1. The molecule has 0 atom stereocenters. The highest BCUT2D eigenvalue weighted by Gasteiger charge is 2.20. The second-order valence-electron chi connectivity index (χ2n) is 6.03. The van der Waals surface area contributed by atoms with Gasteiger partial charge in [-0.25, -0.2) is 4.98 Å². The number of hydrogen-bond acceptors (Lipinski definition) is 4. The van der Waals surface area contributed by atoms with E-state index in [2.05, 4.69) is 29.0 Å². The van der Waals surface area contributed by atoms with Crippen LogP contribution in [0.2, 0.25) is 5.02 Å². The van der Waals surface area contributed by atoms with Crippen LogP contribution in [-0.2, 0) is 0 Å². The van der Waals surface area contributed by atoms with E-state index < -0.39 is 5.91 Å². The van der Waals surface area contributed by atoms with Gasteiger partial charge < -0.3 is 16.0 Å². The third-order valence-electron chi connectivity index (χ3n) is 3.68. The molecule has 0 radical (unpaired) electrons. The fourth-order valence-electron chi connectivity index (χ4n) is 2.65. The van der Waals surface area contributed by atoms with Crippen molar-refractivity contribution in [2.24, 2.45) is 11.7 Å². The number of carbonyl (C=O) groups is 1. The first-order valence-electron chi connectivity index (χ1n) is 7.40. The smallest absolute Gasteiger partial charge is 0.250 e. The number of anilines is 1. The first-order chi connectivity index (χ1) is 9.95. The van der Waals surface area contributed by atoms with Gasteiger partial charge in [-0.1, -0.05) is 25.4 Å². The van der Waals surface area contributed by atoms with E-state index in [-0.39, 0.29) is 0 Å². The predicted octanol–water partition coefficient (Wildman–Crippen LogP) is 2.37. The topological polar surface area (TPSA) is 71.2 Å². The van der Waals surface area contributed by atoms with E-state index in [1.54, 1.807) is 6.07 Å². The molecule has 0 unspecified atom stereocenters. The summed E-state index contributed by atoms with van der Waals surface area (Å²) in [7, 11) is 0. The Morgan fingerprint density at radius 1 is 1.52 bits per heavy atom. The van der Waals surface area contributed by atoms with Gasteiger partial charge >= 0.3 is 0 Å². The molecule has 1 saturated heterocycles. The van der Waals surface area contributed by atoms with Gasteiger partial charge in [0.05, 0.1) is 10.6 Å². The maximum atomic E-state index is 11.1. The highest BCUT2D eigenvalue weighted by atomic mass is 35.5. The lowest BCUT2D eigenvalue weighted by Crippen LogP contribution is -2.40. The number of hydrogen-bond donors (Lipinski definition) is 2. The van der Waals surface area contributed by atoms with Crippen molar-refractivity contribution in [3.63, 3.8) is 0 Å². The molecule has 2 heterocycles. The van der Waals surface area contributed by atoms with Crippen LogP contribution in [0.5, 0.6) is 0 Å². The molecule has 3 N–H and O–H groups in total. The Morgan fingerprint density at radius 3 is 2.71 bits per heavy atom. The van der Waals surface area contributed by atoms with Crippen molar-refractivity contribution >= 4 is 23.3 Å². The zero-order chi connectivity index (χ0) is 15.4. The Hall–Kier alpha value is -1.33. The second kappa shape index (κ2) is 7.09. The first kappa shape index (κ1) is 16.0. The van der Waals surface area contributed by atoms with Crippen LogP contribution in [0.15, 0.2) is 12.3 Å². The van der Waals surface area contributed by atoms with Gasteiger partial charge in [-0.3, -0.25) is 4.79 Å². The minimum atomic E-state index is -0.516. The van der Waals surface area contributed by atoms with Crippen LogP contribution < -0.4 is 11.1 Å². The van der Waals surface area contributed by atoms with Crippen LogP contribution in [0.1, 0.15) is 37.0 Å². The summed E-state index contributed by atoms with van der Waals surface area (Å²) in [5.74, 6) is 0.814. The molecule has 5 nitrogen and oxygen atoms in total. The molecule has 2 rings (SSSR count). The van der Waals surface area contributed by atoms with Gasteiger partial charge in [-0.15, -0.1) is 0 Å². The van der Waals surface area contributed by atoms with E-state index in [4.69, 9.17) is 17.3 Å². The molecule has 1 aliphatic rings. The van der Waals surface area contributed by atoms with Gasteiger partial charge in [-0.05, 0) is 24.8 Å². The van der Waals surface area contributed by atoms with Gasteiger partial charge in [0.2, 0.25) is 5.91 Å². The maximum absolute atomic E-state index is 11.1. The molecule has 0 aromatic carbocycles. The van der Waals surface area contributed by atoms with Gasteiger partial charge in [0.1, 0.15) is 5.82 Å². The van der Waals surface area contributed by atoms with Gasteiger partial charge in [0.25, 0.3) is 0 Å². The number of piperidine rings is 1. The molecule has 1 aromatic rings. The number of nitrogens with one attached hydrogen (secondary N) is 1. The van der Waals surface area contributed by atoms with E-state index >= 15 is 0 Å². The summed E-state index contributed by atoms with van der Waals surface area (Å²) in [5, 5.41) is 3.81. The summed E-state index contributed by atoms with van der Waals surface area (Å²) in [6, 6.07) is 1.94. The molecule has 1 aromatic heterocycles. The predicted molar refractivity (Wildman–Crippen MR) is 85.7 cm³/mol. The molecule has 0 spiro atoms. The van der Waals surface area contributed by atoms with E-state index in [0.717, 1.165) is 32.5 Å². The van der Waals surface area contributed by atoms with Crippen molar-refractivity contribution in [2.75, 3.05) is 25.0 Å². The van der Waals surface area contributed by atoms with Crippen molar-refractivity contribution < 1.29 is 4.79 Å². The number of primary amides is 1. The Bertz CT molecular complexity index is 498. The molecule has 21 heavy (non-hydrogen) atoms. The monoisotopic (exact) mass is 310 g/mol. The molecular formula is C15H23ClN4O. The number of amides is 1. The Balaban J connectivity index is 1.90. The number of pyridine rings is 1. The summed E-state index contributed by atoms with van der Waals surface area (Å²) < 4.78 is 0. The molecule has 1 aliphatic heterocycles. The average Bonchev–Trinajstić information content (AvgIpc) is 2.42. The lowest BCUT2D eigenvalue weighted by atomic mass is 10.0. The van der Waals surface area contributed by atoms with E-state index in [9.17, 15) is 4.79 Å². The third-order valence-corrected chi connectivity index (χ3v) is 3.97. The van der Waals surface area contributed by atoms with Crippen LogP contribution in [-0.4, -0.2) is 41.5 Å². The zero-order valence-corrected chi connectivity index (χ0v) is 13.4. The molecule has 6 heteroatoms. The Morgan fingerprint density at radius 2 is 2.19 bits per heavy atom. The number of halogens is 1. The lowest BCUT2D eigenvalue weighted by molar-refractivity contribution is 0.1000. The minimum Gasteiger partial charge on any atom is -0.366 e. The van der Waals surface area contributed by atoms with Crippen LogP contribution in [0.25, 0.3) is 0 Å². The molecule has 0 aliphatic carbocycles. The van der Waals surface area contributed by atoms with Crippen LogP contribution in [0, 0.1) is 5.92 Å². The van der Waals surface area contributed by atoms with Crippen molar-refractivity contribution in [3.8, 4) is 0 Å². The summed E-state index contributed by atoms with van der Waals surface area (Å²) in [5.41, 5.74) is 5.54. The van der Waals surface area contributed by atoms with Crippen LogP contribution in [0.4, 0.5) is 5.82 Å². The first-order valence-corrected chi connectivity index (χ1v) is 7.77. The highest BCUT2D eigenvalue weighted by Crippen LogP contribution is 2.23. The van der Waals surface area contributed by atoms with Gasteiger partial charge in [0, 0.05) is 31.9 Å². The fraction of sp³-hybridized carbons (Fsp3) is 0.600. The quantitative estimate of drug-likeness (QED) is 0.876. The third kappa shape index (κ3) is 4.58. The van der Waals surface area contributed by atoms with Crippen molar-refractivity contribution in [1.29, 1.82) is 0 Å². The number of nitrogens with two attached hydrogens (primary N) is 1. The summed E-state index contributed by atoms with van der Waals surface area (Å²) >= 11 is 6.15. The largest absolute Gasteiger partial charge is 0.366 e. The van der Waals surface area contributed by atoms with Crippen LogP contribution in [0.3, 0.4) is 0 Å². The van der Waals surface area contributed by atoms with Crippen molar-refractivity contribution in [3.05, 3.63) is 22.8 Å². The van der Waals surface area contributed by atoms with E-state index in [1.165, 1.54) is 6.20 Å². The summed E-state index contributed by atoms with van der Waals surface area (Å²) in [6.45, 7) is 7.82. The van der Waals surface area contributed by atoms with E-state index in [1.807, 2.05) is 0 Å². The number of carbonyl (C=O) groups excluding carboxylic acids is 1. The summed E-state index contributed by atoms with van der Waals surface area (Å²) in [4.78, 5) is 17.8. The molecule has 1 fully saturated rings. The van der Waals surface area contributed by atoms with Gasteiger partial charge in [-0.2, -0.15) is 0 Å². The van der Waals surface area contributed by atoms with Crippen molar-refractivity contribution in [1.82, 2.24) is 9.88 Å². The van der Waals surface area contributed by atoms with Crippen LogP contribution >= 0.6 is 11.6 Å². The molecule has 1 amide bonds. The Labute approximate surface area is 130 Å². The lowest BCUT2D eigenvalue weighted by Gasteiger charge is -2.33. The standard InChI is InChI=1S/C15H23ClN4O/c1-10(2)9-20-5-3-12(4-6-20)19-15-13(16)7-11(8-18-15)14(17)21/h7-8,10,12H,3-6,9H2,1-2H3,(H2,17,21)(H,18,19). The fourth-order valence-corrected chi connectivity index (χ4v) is 2.87. The minimum absolute atomic E-state index is 0.331. The molecular weight excluding hydrogens is 288 g/mol. The Kier molecular flexibility index (Phi) is 5.42. The maximum Gasteiger partial charge on any atom is 0.250 e. The second-order valence-corrected chi connectivity index (χ2v) is 6.44. The molecule has 116 valence electrons. The molecule has 0 bridgehead atoms. The highest BCUT2D eigenvalue weighted by molar-refractivity contribution is 6.33. The van der Waals surface area contributed by atoms with E-state index in [0.29, 0.717) is 28.4 Å². The SMILES string of the molecule is CC(C)CN1CCC(Nc2ncc(C(N)=O)cc2Cl)CC1. The normalized spacial score (nSPS) is 17.1. The summed E-state index contributed by atoms with van der Waals surface area (Å²) in [6.07, 6.45) is 3.61. The van der Waals surface area contributed by atoms with Crippen molar-refractivity contribution in [2.45, 2.75) is 32.7 Å². The zero-order valence-electron chi connectivity index (χ0n) is 12.6. The average molecular weight is 311 g/mol.